The van der Waals surface area contributed by atoms with Gasteiger partial charge in [0.05, 0.1) is 19.5 Å². The zero-order valence-corrected chi connectivity index (χ0v) is 17.1. The maximum absolute atomic E-state index is 12.3. The summed E-state index contributed by atoms with van der Waals surface area (Å²) < 4.78 is 18.4. The molecule has 0 fully saturated rings. The number of pyridine rings is 2. The lowest BCUT2D eigenvalue weighted by molar-refractivity contribution is 0.271. The molecule has 0 atom stereocenters. The molecule has 4 aromatic rings. The molecule has 0 unspecified atom stereocenters. The SMILES string of the molecule is COc1cc(Oc2ccc3ncc(C)c(=O)n3c2)cnc1OCc1cccc(Cl)c1. The van der Waals surface area contributed by atoms with Crippen LogP contribution in [-0.2, 0) is 6.61 Å². The van der Waals surface area contributed by atoms with Gasteiger partial charge in [0.2, 0.25) is 0 Å². The van der Waals surface area contributed by atoms with Crippen molar-refractivity contribution in [2.24, 2.45) is 0 Å². The van der Waals surface area contributed by atoms with Crippen molar-refractivity contribution in [2.45, 2.75) is 13.5 Å². The van der Waals surface area contributed by atoms with E-state index in [2.05, 4.69) is 9.97 Å². The summed E-state index contributed by atoms with van der Waals surface area (Å²) in [5.74, 6) is 1.66. The molecule has 4 rings (SSSR count). The van der Waals surface area contributed by atoms with Crippen LogP contribution in [-0.4, -0.2) is 21.5 Å². The van der Waals surface area contributed by atoms with Gasteiger partial charge in [0, 0.05) is 22.8 Å². The smallest absolute Gasteiger partial charge is 0.260 e. The lowest BCUT2D eigenvalue weighted by atomic mass is 10.2. The number of aromatic nitrogens is 3. The first kappa shape index (κ1) is 19.7. The van der Waals surface area contributed by atoms with E-state index in [-0.39, 0.29) is 5.56 Å². The lowest BCUT2D eigenvalue weighted by Gasteiger charge is -2.12. The maximum Gasteiger partial charge on any atom is 0.260 e. The molecule has 8 heteroatoms. The molecule has 0 bridgehead atoms. The van der Waals surface area contributed by atoms with Crippen molar-refractivity contribution in [3.05, 3.63) is 87.6 Å². The second-order valence-electron chi connectivity index (χ2n) is 6.54. The van der Waals surface area contributed by atoms with E-state index >= 15 is 0 Å². The molecule has 0 aliphatic rings. The Labute approximate surface area is 177 Å². The Balaban J connectivity index is 1.54. The number of nitrogens with zero attached hydrogens (tertiary/aromatic N) is 3. The lowest BCUT2D eigenvalue weighted by Crippen LogP contribution is -2.16. The van der Waals surface area contributed by atoms with Gasteiger partial charge >= 0.3 is 0 Å². The van der Waals surface area contributed by atoms with Crippen molar-refractivity contribution in [3.63, 3.8) is 0 Å². The van der Waals surface area contributed by atoms with E-state index in [1.807, 2.05) is 18.2 Å². The molecule has 0 aliphatic heterocycles. The average molecular weight is 424 g/mol. The van der Waals surface area contributed by atoms with E-state index in [4.69, 9.17) is 25.8 Å². The van der Waals surface area contributed by atoms with Crippen molar-refractivity contribution in [1.82, 2.24) is 14.4 Å². The normalized spacial score (nSPS) is 10.8. The molecule has 1 aromatic carbocycles. The van der Waals surface area contributed by atoms with Gasteiger partial charge in [-0.05, 0) is 36.8 Å². The molecule has 3 aromatic heterocycles. The summed E-state index contributed by atoms with van der Waals surface area (Å²) in [6, 6.07) is 12.5. The van der Waals surface area contributed by atoms with Crippen molar-refractivity contribution >= 4 is 17.2 Å². The van der Waals surface area contributed by atoms with Crippen LogP contribution in [0.1, 0.15) is 11.1 Å². The number of rotatable bonds is 6. The van der Waals surface area contributed by atoms with Gasteiger partial charge in [0.1, 0.15) is 23.8 Å². The standard InChI is InChI=1S/C22H18ClN3O4/c1-14-10-24-20-7-6-17(12-26(20)22(14)27)30-18-9-19(28-2)21(25-11-18)29-13-15-4-3-5-16(23)8-15/h3-12H,13H2,1-2H3. The summed E-state index contributed by atoms with van der Waals surface area (Å²) in [5.41, 5.74) is 1.86. The zero-order valence-electron chi connectivity index (χ0n) is 16.3. The van der Waals surface area contributed by atoms with E-state index in [9.17, 15) is 4.79 Å². The highest BCUT2D eigenvalue weighted by Gasteiger charge is 2.11. The Hall–Kier alpha value is -3.58. The van der Waals surface area contributed by atoms with Crippen LogP contribution in [0.3, 0.4) is 0 Å². The van der Waals surface area contributed by atoms with Crippen molar-refractivity contribution in [2.75, 3.05) is 7.11 Å². The molecule has 30 heavy (non-hydrogen) atoms. The van der Waals surface area contributed by atoms with Crippen LogP contribution in [0.5, 0.6) is 23.1 Å². The summed E-state index contributed by atoms with van der Waals surface area (Å²) in [6.45, 7) is 2.01. The number of aryl methyl sites for hydroxylation is 1. The zero-order chi connectivity index (χ0) is 21.1. The number of hydrogen-bond acceptors (Lipinski definition) is 6. The van der Waals surface area contributed by atoms with E-state index in [1.54, 1.807) is 43.6 Å². The molecule has 7 nitrogen and oxygen atoms in total. The quantitative estimate of drug-likeness (QED) is 0.456. The maximum atomic E-state index is 12.3. The highest BCUT2D eigenvalue weighted by Crippen LogP contribution is 2.31. The minimum atomic E-state index is -0.147. The molecule has 0 spiro atoms. The van der Waals surface area contributed by atoms with Crippen molar-refractivity contribution in [3.8, 4) is 23.1 Å². The van der Waals surface area contributed by atoms with Crippen molar-refractivity contribution in [1.29, 1.82) is 0 Å². The average Bonchev–Trinajstić information content (AvgIpc) is 2.75. The Kier molecular flexibility index (Phi) is 5.54. The highest BCUT2D eigenvalue weighted by molar-refractivity contribution is 6.30. The summed E-state index contributed by atoms with van der Waals surface area (Å²) in [5, 5.41) is 0.639. The van der Waals surface area contributed by atoms with Gasteiger partial charge in [-0.15, -0.1) is 0 Å². The van der Waals surface area contributed by atoms with Crippen LogP contribution in [0.4, 0.5) is 0 Å². The van der Waals surface area contributed by atoms with E-state index in [0.717, 1.165) is 5.56 Å². The summed E-state index contributed by atoms with van der Waals surface area (Å²) in [6.07, 6.45) is 4.67. The fourth-order valence-corrected chi connectivity index (χ4v) is 3.06. The molecule has 3 heterocycles. The molecule has 0 N–H and O–H groups in total. The van der Waals surface area contributed by atoms with Crippen LogP contribution in [0.15, 0.2) is 65.8 Å². The predicted octanol–water partition coefficient (Wildman–Crippen LogP) is 4.43. The molecule has 0 saturated carbocycles. The third-order valence-electron chi connectivity index (χ3n) is 4.36. The fraction of sp³-hybridized carbons (Fsp3) is 0.136. The van der Waals surface area contributed by atoms with Gasteiger partial charge in [0.25, 0.3) is 11.4 Å². The fourth-order valence-electron chi connectivity index (χ4n) is 2.85. The third-order valence-corrected chi connectivity index (χ3v) is 4.59. The van der Waals surface area contributed by atoms with E-state index in [1.165, 1.54) is 17.7 Å². The molecule has 0 saturated heterocycles. The second-order valence-corrected chi connectivity index (χ2v) is 6.97. The number of benzene rings is 1. The highest BCUT2D eigenvalue weighted by atomic mass is 35.5. The first-order chi connectivity index (χ1) is 14.5. The van der Waals surface area contributed by atoms with Crippen molar-refractivity contribution < 1.29 is 14.2 Å². The van der Waals surface area contributed by atoms with Crippen LogP contribution in [0.25, 0.3) is 5.65 Å². The van der Waals surface area contributed by atoms with Gasteiger partial charge in [-0.3, -0.25) is 9.20 Å². The van der Waals surface area contributed by atoms with Gasteiger partial charge in [-0.25, -0.2) is 9.97 Å². The molecular weight excluding hydrogens is 406 g/mol. The monoisotopic (exact) mass is 423 g/mol. The topological polar surface area (TPSA) is 75.0 Å². The predicted molar refractivity (Wildman–Crippen MR) is 113 cm³/mol. The minimum absolute atomic E-state index is 0.147. The number of methoxy groups -OCH3 is 1. The number of ether oxygens (including phenoxy) is 3. The molecule has 0 aliphatic carbocycles. The Morgan fingerprint density at radius 1 is 1.07 bits per heavy atom. The Morgan fingerprint density at radius 3 is 2.73 bits per heavy atom. The van der Waals surface area contributed by atoms with Gasteiger partial charge < -0.3 is 14.2 Å². The Bertz CT molecular complexity index is 1270. The minimum Gasteiger partial charge on any atom is -0.491 e. The molecule has 0 radical (unpaired) electrons. The van der Waals surface area contributed by atoms with E-state index < -0.39 is 0 Å². The van der Waals surface area contributed by atoms with Gasteiger partial charge in [0.15, 0.2) is 5.75 Å². The van der Waals surface area contributed by atoms with Crippen LogP contribution in [0, 0.1) is 6.92 Å². The number of hydrogen-bond donors (Lipinski definition) is 0. The first-order valence-corrected chi connectivity index (χ1v) is 9.48. The summed E-state index contributed by atoms with van der Waals surface area (Å²) in [4.78, 5) is 20.8. The largest absolute Gasteiger partial charge is 0.491 e. The second kappa shape index (κ2) is 8.42. The molecule has 0 amide bonds. The van der Waals surface area contributed by atoms with Gasteiger partial charge in [-0.2, -0.15) is 0 Å². The van der Waals surface area contributed by atoms with Crippen LogP contribution >= 0.6 is 11.6 Å². The summed E-state index contributed by atoms with van der Waals surface area (Å²) >= 11 is 6.00. The first-order valence-electron chi connectivity index (χ1n) is 9.10. The third kappa shape index (κ3) is 4.21. The van der Waals surface area contributed by atoms with E-state index in [0.29, 0.717) is 46.0 Å². The Morgan fingerprint density at radius 2 is 1.93 bits per heavy atom. The molecular formula is C22H18ClN3O4. The number of halogens is 1. The molecule has 152 valence electrons. The number of fused-ring (bicyclic) bond motifs is 1. The van der Waals surface area contributed by atoms with Crippen LogP contribution in [0.2, 0.25) is 5.02 Å². The van der Waals surface area contributed by atoms with Crippen LogP contribution < -0.4 is 19.8 Å². The van der Waals surface area contributed by atoms with Gasteiger partial charge in [-0.1, -0.05) is 23.7 Å². The summed E-state index contributed by atoms with van der Waals surface area (Å²) in [7, 11) is 1.52.